The fourth-order valence-corrected chi connectivity index (χ4v) is 4.09. The summed E-state index contributed by atoms with van der Waals surface area (Å²) in [6.45, 7) is 3.35. The number of aryl methyl sites for hydroxylation is 1. The van der Waals surface area contributed by atoms with Gasteiger partial charge in [0.15, 0.2) is 0 Å². The Morgan fingerprint density at radius 1 is 0.909 bits per heavy atom. The van der Waals surface area contributed by atoms with Gasteiger partial charge >= 0.3 is 0 Å². The first-order chi connectivity index (χ1) is 15.7. The Bertz CT molecular complexity index is 1250. The number of anilines is 2. The molecular weight excluding hydrogens is 442 g/mol. The van der Waals surface area contributed by atoms with Gasteiger partial charge in [-0.05, 0) is 66.6 Å². The lowest BCUT2D eigenvalue weighted by Crippen LogP contribution is -2.23. The summed E-state index contributed by atoms with van der Waals surface area (Å²) >= 11 is 0. The second-order valence-corrected chi connectivity index (χ2v) is 9.15. The molecule has 172 valence electrons. The highest BCUT2D eigenvalue weighted by Crippen LogP contribution is 2.25. The van der Waals surface area contributed by atoms with Crippen molar-refractivity contribution >= 4 is 33.2 Å². The Hall–Kier alpha value is -3.69. The lowest BCUT2D eigenvalue weighted by atomic mass is 10.1. The number of benzene rings is 3. The fourth-order valence-electron chi connectivity index (χ4n) is 3.07. The molecule has 0 aliphatic carbocycles. The van der Waals surface area contributed by atoms with Crippen LogP contribution in [0.2, 0.25) is 0 Å². The van der Waals surface area contributed by atoms with Crippen molar-refractivity contribution in [2.45, 2.75) is 25.3 Å². The van der Waals surface area contributed by atoms with Crippen molar-refractivity contribution in [3.63, 3.8) is 0 Å². The number of amides is 2. The maximum Gasteiger partial charge on any atom is 0.255 e. The number of carbonyl (C=O) groups excluding carboxylic acids is 2. The molecule has 0 spiro atoms. The van der Waals surface area contributed by atoms with Crippen LogP contribution in [-0.2, 0) is 21.4 Å². The minimum atomic E-state index is -3.74. The van der Waals surface area contributed by atoms with Crippen molar-refractivity contribution in [3.05, 3.63) is 83.4 Å². The van der Waals surface area contributed by atoms with Crippen molar-refractivity contribution in [3.8, 4) is 5.75 Å². The van der Waals surface area contributed by atoms with Crippen LogP contribution in [0.25, 0.3) is 0 Å². The largest absolute Gasteiger partial charge is 0.495 e. The third-order valence-electron chi connectivity index (χ3n) is 4.77. The molecule has 2 amide bonds. The number of ether oxygens (including phenoxy) is 1. The fraction of sp³-hybridized carbons (Fsp3) is 0.167. The molecule has 0 unspecified atom stereocenters. The molecule has 0 atom stereocenters. The monoisotopic (exact) mass is 467 g/mol. The molecule has 0 heterocycles. The number of carbonyl (C=O) groups is 2. The second kappa shape index (κ2) is 10.3. The molecule has 9 heteroatoms. The third kappa shape index (κ3) is 6.41. The molecule has 0 saturated heterocycles. The zero-order valence-corrected chi connectivity index (χ0v) is 19.3. The summed E-state index contributed by atoms with van der Waals surface area (Å²) in [5, 5.41) is 5.42. The van der Waals surface area contributed by atoms with E-state index in [4.69, 9.17) is 4.74 Å². The summed E-state index contributed by atoms with van der Waals surface area (Å²) < 4.78 is 32.9. The molecule has 8 nitrogen and oxygen atoms in total. The number of sulfonamides is 1. The Balaban J connectivity index is 1.63. The predicted octanol–water partition coefficient (Wildman–Crippen LogP) is 3.69. The Kier molecular flexibility index (Phi) is 7.47. The van der Waals surface area contributed by atoms with Crippen LogP contribution < -0.4 is 20.1 Å². The molecule has 0 aliphatic heterocycles. The summed E-state index contributed by atoms with van der Waals surface area (Å²) in [6, 6.07) is 18.0. The quantitative estimate of drug-likeness (QED) is 0.468. The Morgan fingerprint density at radius 3 is 2.18 bits per heavy atom. The van der Waals surface area contributed by atoms with Crippen LogP contribution in [0.4, 0.5) is 11.4 Å². The van der Waals surface area contributed by atoms with E-state index in [1.54, 1.807) is 30.3 Å². The Labute approximate surface area is 193 Å². The number of nitrogens with one attached hydrogen (secondary N) is 3. The molecule has 3 aromatic rings. The van der Waals surface area contributed by atoms with Crippen molar-refractivity contribution in [1.82, 2.24) is 4.72 Å². The topological polar surface area (TPSA) is 114 Å². The third-order valence-corrected chi connectivity index (χ3v) is 6.19. The molecule has 0 aromatic heterocycles. The summed E-state index contributed by atoms with van der Waals surface area (Å²) in [7, 11) is -2.20. The van der Waals surface area contributed by atoms with Crippen molar-refractivity contribution < 1.29 is 22.7 Å². The number of rotatable bonds is 8. The van der Waals surface area contributed by atoms with Gasteiger partial charge in [0, 0.05) is 24.7 Å². The van der Waals surface area contributed by atoms with Gasteiger partial charge in [0.2, 0.25) is 15.9 Å². The first-order valence-corrected chi connectivity index (χ1v) is 11.6. The van der Waals surface area contributed by atoms with Gasteiger partial charge in [-0.15, -0.1) is 0 Å². The minimum absolute atomic E-state index is 0.0589. The maximum absolute atomic E-state index is 12.6. The SMILES string of the molecule is COc1ccc(C)cc1NC(=O)c1ccc(CNS(=O)(=O)c2ccc(NC(C)=O)cc2)cc1. The number of methoxy groups -OCH3 is 1. The van der Waals surface area contributed by atoms with E-state index in [0.717, 1.165) is 5.56 Å². The van der Waals surface area contributed by atoms with Gasteiger partial charge in [0.05, 0.1) is 17.7 Å². The molecule has 3 N–H and O–H groups in total. The number of hydrogen-bond acceptors (Lipinski definition) is 5. The maximum atomic E-state index is 12.6. The standard InChI is InChI=1S/C24H25N3O5S/c1-16-4-13-23(32-3)22(14-16)27-24(29)19-7-5-18(6-8-19)15-25-33(30,31)21-11-9-20(10-12-21)26-17(2)28/h4-14,25H,15H2,1-3H3,(H,26,28)(H,27,29). The Morgan fingerprint density at radius 2 is 1.58 bits per heavy atom. The predicted molar refractivity (Wildman–Crippen MR) is 127 cm³/mol. The van der Waals surface area contributed by atoms with Gasteiger partial charge < -0.3 is 15.4 Å². The van der Waals surface area contributed by atoms with E-state index in [-0.39, 0.29) is 23.3 Å². The van der Waals surface area contributed by atoms with E-state index in [9.17, 15) is 18.0 Å². The van der Waals surface area contributed by atoms with Crippen molar-refractivity contribution in [2.24, 2.45) is 0 Å². The summed E-state index contributed by atoms with van der Waals surface area (Å²) in [5.74, 6) is 0.0225. The van der Waals surface area contributed by atoms with E-state index in [2.05, 4.69) is 15.4 Å². The van der Waals surface area contributed by atoms with Crippen LogP contribution in [-0.4, -0.2) is 27.3 Å². The normalized spacial score (nSPS) is 11.0. The zero-order chi connectivity index (χ0) is 24.0. The molecule has 3 aromatic carbocycles. The molecule has 0 fully saturated rings. The smallest absolute Gasteiger partial charge is 0.255 e. The van der Waals surface area contributed by atoms with Crippen LogP contribution in [0.15, 0.2) is 71.6 Å². The first-order valence-electron chi connectivity index (χ1n) is 10.1. The van der Waals surface area contributed by atoms with Crippen LogP contribution in [0.5, 0.6) is 5.75 Å². The van der Waals surface area contributed by atoms with Gasteiger partial charge in [-0.3, -0.25) is 9.59 Å². The summed E-state index contributed by atoms with van der Waals surface area (Å²) in [6.07, 6.45) is 0. The minimum Gasteiger partial charge on any atom is -0.495 e. The average Bonchev–Trinajstić information content (AvgIpc) is 2.78. The van der Waals surface area contributed by atoms with E-state index >= 15 is 0 Å². The van der Waals surface area contributed by atoms with Gasteiger partial charge in [0.1, 0.15) is 5.75 Å². The molecule has 3 rings (SSSR count). The lowest BCUT2D eigenvalue weighted by Gasteiger charge is -2.11. The zero-order valence-electron chi connectivity index (χ0n) is 18.5. The highest BCUT2D eigenvalue weighted by atomic mass is 32.2. The van der Waals surface area contributed by atoms with Gasteiger partial charge in [-0.25, -0.2) is 13.1 Å². The van der Waals surface area contributed by atoms with E-state index in [1.807, 2.05) is 19.1 Å². The summed E-state index contributed by atoms with van der Waals surface area (Å²) in [4.78, 5) is 23.8. The first kappa shape index (κ1) is 24.0. The molecule has 0 radical (unpaired) electrons. The molecule has 0 bridgehead atoms. The van der Waals surface area contributed by atoms with Gasteiger partial charge in [-0.2, -0.15) is 0 Å². The number of hydrogen-bond donors (Lipinski definition) is 3. The molecule has 0 saturated carbocycles. The van der Waals surface area contributed by atoms with Gasteiger partial charge in [0.25, 0.3) is 5.91 Å². The van der Waals surface area contributed by atoms with Crippen LogP contribution >= 0.6 is 0 Å². The van der Waals surface area contributed by atoms with E-state index < -0.39 is 10.0 Å². The summed E-state index contributed by atoms with van der Waals surface area (Å²) in [5.41, 5.74) is 3.19. The molecule has 0 aliphatic rings. The van der Waals surface area contributed by atoms with Crippen LogP contribution in [0, 0.1) is 6.92 Å². The molecule has 33 heavy (non-hydrogen) atoms. The molecular formula is C24H25N3O5S. The van der Waals surface area contributed by atoms with E-state index in [1.165, 1.54) is 38.3 Å². The van der Waals surface area contributed by atoms with Crippen molar-refractivity contribution in [2.75, 3.05) is 17.7 Å². The second-order valence-electron chi connectivity index (χ2n) is 7.38. The highest BCUT2D eigenvalue weighted by molar-refractivity contribution is 7.89. The average molecular weight is 468 g/mol. The van der Waals surface area contributed by atoms with Gasteiger partial charge in [-0.1, -0.05) is 18.2 Å². The van der Waals surface area contributed by atoms with Crippen LogP contribution in [0.3, 0.4) is 0 Å². The lowest BCUT2D eigenvalue weighted by molar-refractivity contribution is -0.114. The van der Waals surface area contributed by atoms with Crippen LogP contribution in [0.1, 0.15) is 28.4 Å². The van der Waals surface area contributed by atoms with Crippen molar-refractivity contribution in [1.29, 1.82) is 0 Å². The van der Waals surface area contributed by atoms with E-state index in [0.29, 0.717) is 28.3 Å². The highest BCUT2D eigenvalue weighted by Gasteiger charge is 2.14.